The molecule has 8 heteroatoms. The third-order valence-electron chi connectivity index (χ3n) is 5.09. The van der Waals surface area contributed by atoms with Crippen LogP contribution in [0.3, 0.4) is 0 Å². The van der Waals surface area contributed by atoms with Crippen molar-refractivity contribution in [1.82, 2.24) is 14.5 Å². The molecule has 0 N–H and O–H groups in total. The Morgan fingerprint density at radius 1 is 1.18 bits per heavy atom. The van der Waals surface area contributed by atoms with E-state index in [0.29, 0.717) is 19.0 Å². The molecule has 0 bridgehead atoms. The Balaban J connectivity index is 1.37. The maximum Gasteiger partial charge on any atom is 0.433 e. The van der Waals surface area contributed by atoms with Crippen LogP contribution in [0.1, 0.15) is 23.4 Å². The van der Waals surface area contributed by atoms with Gasteiger partial charge in [0.2, 0.25) is 0 Å². The van der Waals surface area contributed by atoms with Crippen molar-refractivity contribution in [2.45, 2.75) is 19.4 Å². The number of imidazole rings is 1. The van der Waals surface area contributed by atoms with Crippen LogP contribution in [0.2, 0.25) is 0 Å². The van der Waals surface area contributed by atoms with Crippen molar-refractivity contribution in [2.75, 3.05) is 13.1 Å². The van der Waals surface area contributed by atoms with E-state index in [-0.39, 0.29) is 11.7 Å². The number of hydrogen-bond acceptors (Lipinski definition) is 5. The first-order valence-electron chi connectivity index (χ1n) is 9.22. The van der Waals surface area contributed by atoms with Gasteiger partial charge in [0.05, 0.1) is 6.07 Å². The SMILES string of the molecule is O=C(c1ccc([N+](=O)[O-])o1)N1CCC(Cn2ccnc2-c2ccccc2)CC1. The highest BCUT2D eigenvalue weighted by Crippen LogP contribution is 2.25. The Hall–Kier alpha value is -3.42. The molecular weight excluding hydrogens is 360 g/mol. The number of carbonyl (C=O) groups is 1. The van der Waals surface area contributed by atoms with Crippen molar-refractivity contribution in [1.29, 1.82) is 0 Å². The van der Waals surface area contributed by atoms with E-state index < -0.39 is 10.8 Å². The molecule has 1 aromatic carbocycles. The molecule has 1 fully saturated rings. The molecule has 28 heavy (non-hydrogen) atoms. The van der Waals surface area contributed by atoms with Gasteiger partial charge >= 0.3 is 5.88 Å². The smallest absolute Gasteiger partial charge is 0.395 e. The number of hydrogen-bond donors (Lipinski definition) is 0. The summed E-state index contributed by atoms with van der Waals surface area (Å²) in [6, 6.07) is 12.6. The van der Waals surface area contributed by atoms with Crippen molar-refractivity contribution in [2.24, 2.45) is 5.92 Å². The lowest BCUT2D eigenvalue weighted by atomic mass is 9.96. The highest BCUT2D eigenvalue weighted by atomic mass is 16.6. The Morgan fingerprint density at radius 3 is 2.61 bits per heavy atom. The topological polar surface area (TPSA) is 94.4 Å². The number of rotatable bonds is 5. The number of nitrogens with zero attached hydrogens (tertiary/aromatic N) is 4. The van der Waals surface area contributed by atoms with E-state index in [9.17, 15) is 14.9 Å². The van der Waals surface area contributed by atoms with E-state index in [4.69, 9.17) is 4.42 Å². The summed E-state index contributed by atoms with van der Waals surface area (Å²) in [6.07, 6.45) is 5.52. The summed E-state index contributed by atoms with van der Waals surface area (Å²) in [5.41, 5.74) is 1.08. The van der Waals surface area contributed by atoms with Crippen molar-refractivity contribution in [3.8, 4) is 11.4 Å². The average molecular weight is 380 g/mol. The van der Waals surface area contributed by atoms with Crippen molar-refractivity contribution in [3.05, 3.63) is 70.7 Å². The van der Waals surface area contributed by atoms with Gasteiger partial charge in [-0.15, -0.1) is 0 Å². The molecule has 0 radical (unpaired) electrons. The number of aromatic nitrogens is 2. The number of piperidine rings is 1. The zero-order valence-corrected chi connectivity index (χ0v) is 15.2. The largest absolute Gasteiger partial charge is 0.433 e. The third-order valence-corrected chi connectivity index (χ3v) is 5.09. The van der Waals surface area contributed by atoms with Crippen molar-refractivity contribution in [3.63, 3.8) is 0 Å². The van der Waals surface area contributed by atoms with Gasteiger partial charge in [-0.2, -0.15) is 0 Å². The number of furan rings is 1. The van der Waals surface area contributed by atoms with Gasteiger partial charge in [-0.3, -0.25) is 14.9 Å². The van der Waals surface area contributed by atoms with Crippen LogP contribution < -0.4 is 0 Å². The number of benzene rings is 1. The van der Waals surface area contributed by atoms with Crippen molar-refractivity contribution >= 4 is 11.8 Å². The van der Waals surface area contributed by atoms with Gasteiger partial charge in [0.25, 0.3) is 5.91 Å². The molecule has 0 aliphatic carbocycles. The maximum absolute atomic E-state index is 12.5. The lowest BCUT2D eigenvalue weighted by Gasteiger charge is -2.31. The molecule has 3 aromatic rings. The van der Waals surface area contributed by atoms with Gasteiger partial charge in [0.1, 0.15) is 10.7 Å². The monoisotopic (exact) mass is 380 g/mol. The van der Waals surface area contributed by atoms with Gasteiger partial charge in [0.15, 0.2) is 5.76 Å². The predicted molar refractivity (Wildman–Crippen MR) is 102 cm³/mol. The molecular formula is C20H20N4O4. The van der Waals surface area contributed by atoms with Gasteiger partial charge in [-0.05, 0) is 24.8 Å². The first-order chi connectivity index (χ1) is 13.6. The van der Waals surface area contributed by atoms with E-state index in [1.165, 1.54) is 12.1 Å². The molecule has 144 valence electrons. The van der Waals surface area contributed by atoms with Gasteiger partial charge in [0, 0.05) is 37.6 Å². The number of carbonyl (C=O) groups excluding carboxylic acids is 1. The van der Waals surface area contributed by atoms with E-state index >= 15 is 0 Å². The molecule has 1 aliphatic rings. The third kappa shape index (κ3) is 3.66. The molecule has 0 atom stereocenters. The van der Waals surface area contributed by atoms with Gasteiger partial charge < -0.3 is 13.9 Å². The summed E-state index contributed by atoms with van der Waals surface area (Å²) in [7, 11) is 0. The van der Waals surface area contributed by atoms with E-state index in [2.05, 4.69) is 9.55 Å². The molecule has 8 nitrogen and oxygen atoms in total. The fraction of sp³-hybridized carbons (Fsp3) is 0.300. The van der Waals surface area contributed by atoms with Crippen LogP contribution in [-0.2, 0) is 6.54 Å². The molecule has 0 saturated carbocycles. The molecule has 4 rings (SSSR count). The second kappa shape index (κ2) is 7.67. The Bertz CT molecular complexity index is 971. The first kappa shape index (κ1) is 18.0. The first-order valence-corrected chi connectivity index (χ1v) is 9.22. The van der Waals surface area contributed by atoms with E-state index in [0.717, 1.165) is 30.8 Å². The number of likely N-dealkylation sites (tertiary alicyclic amines) is 1. The van der Waals surface area contributed by atoms with Gasteiger partial charge in [-0.1, -0.05) is 30.3 Å². The van der Waals surface area contributed by atoms with Gasteiger partial charge in [-0.25, -0.2) is 4.98 Å². The van der Waals surface area contributed by atoms with Crippen LogP contribution in [-0.4, -0.2) is 38.4 Å². The summed E-state index contributed by atoms with van der Waals surface area (Å²) in [4.78, 5) is 28.8. The highest BCUT2D eigenvalue weighted by Gasteiger charge is 2.27. The van der Waals surface area contributed by atoms with Crippen LogP contribution in [0.25, 0.3) is 11.4 Å². The summed E-state index contributed by atoms with van der Waals surface area (Å²) < 4.78 is 7.19. The molecule has 0 spiro atoms. The minimum Gasteiger partial charge on any atom is -0.395 e. The minimum absolute atomic E-state index is 0.0196. The zero-order chi connectivity index (χ0) is 19.5. The summed E-state index contributed by atoms with van der Waals surface area (Å²) in [5, 5.41) is 10.7. The number of amides is 1. The second-order valence-corrected chi connectivity index (χ2v) is 6.90. The number of nitro groups is 1. The quantitative estimate of drug-likeness (QED) is 0.498. The average Bonchev–Trinajstić information content (AvgIpc) is 3.39. The summed E-state index contributed by atoms with van der Waals surface area (Å²) in [6.45, 7) is 2.05. The summed E-state index contributed by atoms with van der Waals surface area (Å²) >= 11 is 0. The molecule has 2 aromatic heterocycles. The van der Waals surface area contributed by atoms with E-state index in [1.54, 1.807) is 4.90 Å². The molecule has 1 amide bonds. The molecule has 1 aliphatic heterocycles. The van der Waals surface area contributed by atoms with E-state index in [1.807, 2.05) is 42.7 Å². The summed E-state index contributed by atoms with van der Waals surface area (Å²) in [5.74, 6) is 0.700. The fourth-order valence-corrected chi connectivity index (χ4v) is 3.60. The standard InChI is InChI=1S/C20H20N4O4/c25-20(17-6-7-18(28-17)24(26)27)22-11-8-15(9-12-22)14-23-13-10-21-19(23)16-4-2-1-3-5-16/h1-7,10,13,15H,8-9,11-12,14H2. The lowest BCUT2D eigenvalue weighted by Crippen LogP contribution is -2.39. The van der Waals surface area contributed by atoms with Crippen LogP contribution >= 0.6 is 0 Å². The molecule has 3 heterocycles. The van der Waals surface area contributed by atoms with Crippen LogP contribution in [0.15, 0.2) is 59.3 Å². The van der Waals surface area contributed by atoms with Crippen LogP contribution in [0.4, 0.5) is 5.88 Å². The lowest BCUT2D eigenvalue weighted by molar-refractivity contribution is -0.402. The highest BCUT2D eigenvalue weighted by molar-refractivity contribution is 5.91. The minimum atomic E-state index is -0.640. The van der Waals surface area contributed by atoms with Crippen LogP contribution in [0.5, 0.6) is 0 Å². The Kier molecular flexibility index (Phi) is 4.92. The Morgan fingerprint density at radius 2 is 1.93 bits per heavy atom. The van der Waals surface area contributed by atoms with Crippen molar-refractivity contribution < 1.29 is 14.1 Å². The molecule has 1 saturated heterocycles. The molecule has 0 unspecified atom stereocenters. The van der Waals surface area contributed by atoms with Crippen LogP contribution in [0, 0.1) is 16.0 Å². The Labute approximate surface area is 161 Å². The maximum atomic E-state index is 12.5. The second-order valence-electron chi connectivity index (χ2n) is 6.90. The zero-order valence-electron chi connectivity index (χ0n) is 15.2. The predicted octanol–water partition coefficient (Wildman–Crippen LogP) is 3.60. The normalized spacial score (nSPS) is 14.9. The fourth-order valence-electron chi connectivity index (χ4n) is 3.60.